The van der Waals surface area contributed by atoms with Gasteiger partial charge in [-0.3, -0.25) is 14.5 Å². The first kappa shape index (κ1) is 22.6. The SMILES string of the molecule is Cc1cc(C)nc(Nc2ccc(C3CCCN(C(=O)/C=C/c4c(C)nn(C)c4C)C3)nc2)n1. The van der Waals surface area contributed by atoms with Gasteiger partial charge in [-0.15, -0.1) is 0 Å². The molecule has 1 aliphatic rings. The second-order valence-electron chi connectivity index (χ2n) is 8.74. The summed E-state index contributed by atoms with van der Waals surface area (Å²) in [6.45, 7) is 9.32. The Labute approximate surface area is 194 Å². The molecule has 0 bridgehead atoms. The number of nitrogens with one attached hydrogen (secondary N) is 1. The zero-order valence-electron chi connectivity index (χ0n) is 20.0. The van der Waals surface area contributed by atoms with Crippen LogP contribution < -0.4 is 5.32 Å². The van der Waals surface area contributed by atoms with Crippen LogP contribution in [0.2, 0.25) is 0 Å². The Morgan fingerprint density at radius 3 is 2.55 bits per heavy atom. The molecule has 4 heterocycles. The van der Waals surface area contributed by atoms with Gasteiger partial charge in [-0.2, -0.15) is 5.10 Å². The summed E-state index contributed by atoms with van der Waals surface area (Å²) in [5, 5.41) is 7.63. The van der Waals surface area contributed by atoms with Crippen LogP contribution in [0, 0.1) is 27.7 Å². The first-order valence-corrected chi connectivity index (χ1v) is 11.3. The fourth-order valence-corrected chi connectivity index (χ4v) is 4.34. The largest absolute Gasteiger partial charge is 0.338 e. The zero-order valence-corrected chi connectivity index (χ0v) is 20.0. The van der Waals surface area contributed by atoms with Crippen molar-refractivity contribution in [3.8, 4) is 0 Å². The fraction of sp³-hybridized carbons (Fsp3) is 0.400. The van der Waals surface area contributed by atoms with Crippen LogP contribution in [0.1, 0.15) is 52.8 Å². The van der Waals surface area contributed by atoms with E-state index in [-0.39, 0.29) is 11.8 Å². The lowest BCUT2D eigenvalue weighted by Crippen LogP contribution is -2.38. The average molecular weight is 446 g/mol. The Bertz CT molecular complexity index is 1160. The summed E-state index contributed by atoms with van der Waals surface area (Å²) in [5.74, 6) is 0.833. The topological polar surface area (TPSA) is 88.8 Å². The van der Waals surface area contributed by atoms with Crippen molar-refractivity contribution in [2.75, 3.05) is 18.4 Å². The first-order chi connectivity index (χ1) is 15.8. The summed E-state index contributed by atoms with van der Waals surface area (Å²) in [6.07, 6.45) is 7.35. The van der Waals surface area contributed by atoms with Gasteiger partial charge in [0, 0.05) is 60.5 Å². The second-order valence-corrected chi connectivity index (χ2v) is 8.74. The van der Waals surface area contributed by atoms with Gasteiger partial charge in [-0.05, 0) is 64.8 Å². The molecule has 1 unspecified atom stereocenters. The average Bonchev–Trinajstić information content (AvgIpc) is 3.03. The van der Waals surface area contributed by atoms with Crippen molar-refractivity contribution in [3.63, 3.8) is 0 Å². The standard InChI is InChI=1S/C25H31N7O/c1-16-13-17(2)28-25(27-16)29-21-8-10-23(26-14-21)20-7-6-12-32(15-20)24(33)11-9-22-18(3)30-31(5)19(22)4/h8-11,13-14,20H,6-7,12,15H2,1-5H3,(H,27,28,29)/b11-9+. The van der Waals surface area contributed by atoms with E-state index in [2.05, 4.69) is 25.4 Å². The third-order valence-electron chi connectivity index (χ3n) is 6.13. The highest BCUT2D eigenvalue weighted by Crippen LogP contribution is 2.27. The van der Waals surface area contributed by atoms with Crippen molar-refractivity contribution in [3.05, 3.63) is 64.5 Å². The molecule has 33 heavy (non-hydrogen) atoms. The highest BCUT2D eigenvalue weighted by molar-refractivity contribution is 5.92. The molecule has 3 aromatic heterocycles. The summed E-state index contributed by atoms with van der Waals surface area (Å²) in [5.41, 5.74) is 6.68. The number of hydrogen-bond acceptors (Lipinski definition) is 6. The number of piperidine rings is 1. The number of hydrogen-bond donors (Lipinski definition) is 1. The van der Waals surface area contributed by atoms with Crippen LogP contribution in [0.3, 0.4) is 0 Å². The molecule has 1 atom stereocenters. The van der Waals surface area contributed by atoms with E-state index in [0.29, 0.717) is 12.5 Å². The quantitative estimate of drug-likeness (QED) is 0.597. The van der Waals surface area contributed by atoms with E-state index in [0.717, 1.165) is 59.1 Å². The molecule has 172 valence electrons. The molecule has 0 spiro atoms. The number of rotatable bonds is 5. The molecule has 1 N–H and O–H groups in total. The smallest absolute Gasteiger partial charge is 0.246 e. The lowest BCUT2D eigenvalue weighted by Gasteiger charge is -2.32. The van der Waals surface area contributed by atoms with Crippen molar-refractivity contribution in [2.45, 2.75) is 46.5 Å². The fourth-order valence-electron chi connectivity index (χ4n) is 4.34. The third-order valence-corrected chi connectivity index (χ3v) is 6.13. The highest BCUT2D eigenvalue weighted by atomic mass is 16.2. The van der Waals surface area contributed by atoms with Crippen LogP contribution in [0.5, 0.6) is 0 Å². The Morgan fingerprint density at radius 1 is 1.15 bits per heavy atom. The molecule has 1 aliphatic heterocycles. The zero-order chi connectivity index (χ0) is 23.5. The molecular formula is C25H31N7O. The number of carbonyl (C=O) groups is 1. The Morgan fingerprint density at radius 2 is 1.91 bits per heavy atom. The number of nitrogens with zero attached hydrogens (tertiary/aromatic N) is 6. The molecular weight excluding hydrogens is 414 g/mol. The van der Waals surface area contributed by atoms with E-state index in [4.69, 9.17) is 0 Å². The van der Waals surface area contributed by atoms with Gasteiger partial charge in [-0.1, -0.05) is 0 Å². The van der Waals surface area contributed by atoms with Crippen LogP contribution in [-0.4, -0.2) is 48.6 Å². The van der Waals surface area contributed by atoms with Gasteiger partial charge >= 0.3 is 0 Å². The van der Waals surface area contributed by atoms with Gasteiger partial charge in [0.15, 0.2) is 0 Å². The van der Waals surface area contributed by atoms with Crippen molar-refractivity contribution in [1.29, 1.82) is 0 Å². The van der Waals surface area contributed by atoms with Crippen LogP contribution in [0.25, 0.3) is 6.08 Å². The maximum Gasteiger partial charge on any atom is 0.246 e. The Hall–Kier alpha value is -3.55. The monoisotopic (exact) mass is 445 g/mol. The van der Waals surface area contributed by atoms with Crippen LogP contribution >= 0.6 is 0 Å². The lowest BCUT2D eigenvalue weighted by molar-refractivity contribution is -0.127. The number of carbonyl (C=O) groups excluding carboxylic acids is 1. The predicted molar refractivity (Wildman–Crippen MR) is 129 cm³/mol. The Kier molecular flexibility index (Phi) is 6.53. The molecule has 1 saturated heterocycles. The van der Waals surface area contributed by atoms with Crippen LogP contribution in [-0.2, 0) is 11.8 Å². The molecule has 0 radical (unpaired) electrons. The van der Waals surface area contributed by atoms with Crippen molar-refractivity contribution < 1.29 is 4.79 Å². The summed E-state index contributed by atoms with van der Waals surface area (Å²) in [7, 11) is 1.92. The second kappa shape index (κ2) is 9.52. The van der Waals surface area contributed by atoms with Gasteiger partial charge in [0.1, 0.15) is 0 Å². The van der Waals surface area contributed by atoms with E-state index in [1.54, 1.807) is 6.08 Å². The number of likely N-dealkylation sites (tertiary alicyclic amines) is 1. The number of aryl methyl sites for hydroxylation is 4. The highest BCUT2D eigenvalue weighted by Gasteiger charge is 2.24. The molecule has 8 nitrogen and oxygen atoms in total. The van der Waals surface area contributed by atoms with E-state index < -0.39 is 0 Å². The van der Waals surface area contributed by atoms with Gasteiger partial charge in [0.2, 0.25) is 11.9 Å². The number of amides is 1. The van der Waals surface area contributed by atoms with Gasteiger partial charge < -0.3 is 10.2 Å². The maximum atomic E-state index is 12.9. The molecule has 0 aromatic carbocycles. The molecule has 1 fully saturated rings. The van der Waals surface area contributed by atoms with E-state index >= 15 is 0 Å². The van der Waals surface area contributed by atoms with Gasteiger partial charge in [-0.25, -0.2) is 9.97 Å². The van der Waals surface area contributed by atoms with Gasteiger partial charge in [0.25, 0.3) is 0 Å². The number of aromatic nitrogens is 5. The van der Waals surface area contributed by atoms with Crippen molar-refractivity contribution in [2.24, 2.45) is 7.05 Å². The normalized spacial score (nSPS) is 16.4. The summed E-state index contributed by atoms with van der Waals surface area (Å²) in [6, 6.07) is 5.97. The maximum absolute atomic E-state index is 12.9. The molecule has 0 saturated carbocycles. The van der Waals surface area contributed by atoms with Crippen LogP contribution in [0.15, 0.2) is 30.5 Å². The molecule has 1 amide bonds. The Balaban J connectivity index is 1.40. The van der Waals surface area contributed by atoms with E-state index in [1.807, 2.05) is 74.8 Å². The molecule has 3 aromatic rings. The first-order valence-electron chi connectivity index (χ1n) is 11.3. The minimum atomic E-state index is 0.0348. The van der Waals surface area contributed by atoms with Crippen molar-refractivity contribution in [1.82, 2.24) is 29.6 Å². The summed E-state index contributed by atoms with van der Waals surface area (Å²) in [4.78, 5) is 28.3. The lowest BCUT2D eigenvalue weighted by atomic mass is 9.94. The molecule has 8 heteroatoms. The van der Waals surface area contributed by atoms with E-state index in [1.165, 1.54) is 0 Å². The number of pyridine rings is 1. The van der Waals surface area contributed by atoms with Crippen LogP contribution in [0.4, 0.5) is 11.6 Å². The molecule has 4 rings (SSSR count). The minimum absolute atomic E-state index is 0.0348. The minimum Gasteiger partial charge on any atom is -0.338 e. The predicted octanol–water partition coefficient (Wildman–Crippen LogP) is 4.00. The van der Waals surface area contributed by atoms with E-state index in [9.17, 15) is 4.79 Å². The third kappa shape index (κ3) is 5.27. The number of anilines is 2. The molecule has 0 aliphatic carbocycles. The summed E-state index contributed by atoms with van der Waals surface area (Å²) < 4.78 is 1.84. The summed E-state index contributed by atoms with van der Waals surface area (Å²) >= 11 is 0. The van der Waals surface area contributed by atoms with Gasteiger partial charge in [0.05, 0.1) is 17.6 Å². The van der Waals surface area contributed by atoms with Crippen molar-refractivity contribution >= 4 is 23.6 Å².